The fourth-order valence-corrected chi connectivity index (χ4v) is 3.28. The molecule has 3 aromatic carbocycles. The minimum absolute atomic E-state index is 0.325. The number of nitrogens with one attached hydrogen (secondary N) is 1. The molecule has 6 nitrogen and oxygen atoms in total. The van der Waals surface area contributed by atoms with Crippen LogP contribution in [0.4, 0.5) is 0 Å². The first-order valence-corrected chi connectivity index (χ1v) is 11.1. The quantitative estimate of drug-likeness (QED) is 0.276. The maximum Gasteiger partial charge on any atom is 0.271 e. The van der Waals surface area contributed by atoms with E-state index in [4.69, 9.17) is 37.4 Å². The lowest BCUT2D eigenvalue weighted by atomic mass is 10.2. The van der Waals surface area contributed by atoms with Crippen molar-refractivity contribution in [3.63, 3.8) is 0 Å². The zero-order valence-electron chi connectivity index (χ0n) is 18.3. The molecule has 0 aromatic heterocycles. The second-order valence-electron chi connectivity index (χ2n) is 7.01. The molecule has 0 heterocycles. The third kappa shape index (κ3) is 7.14. The molecule has 0 atom stereocenters. The molecule has 0 fully saturated rings. The van der Waals surface area contributed by atoms with E-state index >= 15 is 0 Å². The van der Waals surface area contributed by atoms with Crippen LogP contribution in [-0.4, -0.2) is 25.8 Å². The van der Waals surface area contributed by atoms with E-state index in [9.17, 15) is 4.79 Å². The van der Waals surface area contributed by atoms with Crippen LogP contribution < -0.4 is 19.6 Å². The molecule has 33 heavy (non-hydrogen) atoms. The van der Waals surface area contributed by atoms with E-state index in [0.29, 0.717) is 46.1 Å². The van der Waals surface area contributed by atoms with Gasteiger partial charge in [0.05, 0.1) is 19.9 Å². The SMILES string of the molecule is CCCOc1ccc(C(=O)N/N=C/c2ccc(OCc3ccc(Cl)cc3Cl)cc2)cc1OC. The molecule has 8 heteroatoms. The zero-order valence-corrected chi connectivity index (χ0v) is 19.8. The van der Waals surface area contributed by atoms with Crippen molar-refractivity contribution in [2.75, 3.05) is 13.7 Å². The number of benzene rings is 3. The summed E-state index contributed by atoms with van der Waals surface area (Å²) < 4.78 is 16.7. The molecule has 3 rings (SSSR count). The minimum atomic E-state index is -0.355. The number of hydrogen-bond donors (Lipinski definition) is 1. The monoisotopic (exact) mass is 486 g/mol. The van der Waals surface area contributed by atoms with Crippen LogP contribution in [0.15, 0.2) is 65.8 Å². The minimum Gasteiger partial charge on any atom is -0.493 e. The summed E-state index contributed by atoms with van der Waals surface area (Å²) in [5, 5.41) is 5.16. The molecule has 0 spiro atoms. The molecule has 0 unspecified atom stereocenters. The van der Waals surface area contributed by atoms with Gasteiger partial charge >= 0.3 is 0 Å². The predicted molar refractivity (Wildman–Crippen MR) is 131 cm³/mol. The number of ether oxygens (including phenoxy) is 3. The summed E-state index contributed by atoms with van der Waals surface area (Å²) in [6.07, 6.45) is 2.43. The summed E-state index contributed by atoms with van der Waals surface area (Å²) in [5.41, 5.74) is 4.57. The van der Waals surface area contributed by atoms with Gasteiger partial charge in [-0.2, -0.15) is 5.10 Å². The lowest BCUT2D eigenvalue weighted by molar-refractivity contribution is 0.0954. The lowest BCUT2D eigenvalue weighted by Crippen LogP contribution is -2.17. The Morgan fingerprint density at radius 3 is 2.48 bits per heavy atom. The molecule has 0 aliphatic carbocycles. The van der Waals surface area contributed by atoms with E-state index in [0.717, 1.165) is 17.5 Å². The molecule has 1 N–H and O–H groups in total. The number of carbonyl (C=O) groups excluding carboxylic acids is 1. The smallest absolute Gasteiger partial charge is 0.271 e. The number of hydrazone groups is 1. The highest BCUT2D eigenvalue weighted by Gasteiger charge is 2.10. The van der Waals surface area contributed by atoms with Crippen LogP contribution in [0.5, 0.6) is 17.2 Å². The summed E-state index contributed by atoms with van der Waals surface area (Å²) in [6.45, 7) is 2.92. The first-order chi connectivity index (χ1) is 16.0. The molecule has 3 aromatic rings. The third-order valence-corrected chi connectivity index (χ3v) is 5.14. The van der Waals surface area contributed by atoms with E-state index in [1.807, 2.05) is 37.3 Å². The van der Waals surface area contributed by atoms with E-state index in [1.54, 1.807) is 36.5 Å². The second-order valence-corrected chi connectivity index (χ2v) is 7.85. The average Bonchev–Trinajstić information content (AvgIpc) is 2.82. The Bertz CT molecular complexity index is 1120. The molecular weight excluding hydrogens is 463 g/mol. The van der Waals surface area contributed by atoms with Gasteiger partial charge in [-0.15, -0.1) is 0 Å². The Labute approximate surface area is 203 Å². The Morgan fingerprint density at radius 1 is 1.00 bits per heavy atom. The van der Waals surface area contributed by atoms with Gasteiger partial charge in [-0.25, -0.2) is 5.43 Å². The highest BCUT2D eigenvalue weighted by Crippen LogP contribution is 2.28. The van der Waals surface area contributed by atoms with Crippen molar-refractivity contribution in [3.05, 3.63) is 87.4 Å². The van der Waals surface area contributed by atoms with Crippen LogP contribution in [0.2, 0.25) is 10.0 Å². The molecule has 0 aliphatic rings. The van der Waals surface area contributed by atoms with Crippen molar-refractivity contribution < 1.29 is 19.0 Å². The Hall–Kier alpha value is -3.22. The third-order valence-electron chi connectivity index (χ3n) is 4.56. The van der Waals surface area contributed by atoms with Crippen LogP contribution >= 0.6 is 23.2 Å². The molecule has 0 bridgehead atoms. The van der Waals surface area contributed by atoms with Gasteiger partial charge < -0.3 is 14.2 Å². The summed E-state index contributed by atoms with van der Waals surface area (Å²) in [6, 6.07) is 17.6. The van der Waals surface area contributed by atoms with Crippen molar-refractivity contribution in [3.8, 4) is 17.2 Å². The van der Waals surface area contributed by atoms with Gasteiger partial charge in [0.25, 0.3) is 5.91 Å². The van der Waals surface area contributed by atoms with Gasteiger partial charge in [-0.05, 0) is 66.6 Å². The standard InChI is InChI=1S/C25H24Cl2N2O4/c1-3-12-32-23-11-7-18(13-24(23)31-2)25(30)29-28-15-17-4-9-21(10-5-17)33-16-19-6-8-20(26)14-22(19)27/h4-11,13-15H,3,12,16H2,1-2H3,(H,29,30)/b28-15+. The van der Waals surface area contributed by atoms with Crippen molar-refractivity contribution in [2.45, 2.75) is 20.0 Å². The Morgan fingerprint density at radius 2 is 1.79 bits per heavy atom. The highest BCUT2D eigenvalue weighted by atomic mass is 35.5. The van der Waals surface area contributed by atoms with Gasteiger partial charge in [0.2, 0.25) is 0 Å². The van der Waals surface area contributed by atoms with E-state index < -0.39 is 0 Å². The summed E-state index contributed by atoms with van der Waals surface area (Å²) in [7, 11) is 1.53. The second kappa shape index (κ2) is 12.1. The van der Waals surface area contributed by atoms with Crippen LogP contribution in [0.3, 0.4) is 0 Å². The van der Waals surface area contributed by atoms with Gasteiger partial charge in [0.1, 0.15) is 12.4 Å². The molecule has 172 valence electrons. The highest BCUT2D eigenvalue weighted by molar-refractivity contribution is 6.35. The normalized spacial score (nSPS) is 10.8. The lowest BCUT2D eigenvalue weighted by Gasteiger charge is -2.11. The number of hydrogen-bond acceptors (Lipinski definition) is 5. The number of amides is 1. The van der Waals surface area contributed by atoms with Crippen molar-refractivity contribution in [1.29, 1.82) is 0 Å². The van der Waals surface area contributed by atoms with Gasteiger partial charge in [-0.1, -0.05) is 36.2 Å². The van der Waals surface area contributed by atoms with Crippen molar-refractivity contribution in [2.24, 2.45) is 5.10 Å². The number of rotatable bonds is 10. The molecule has 1 amide bonds. The Kier molecular flexibility index (Phi) is 8.98. The summed E-state index contributed by atoms with van der Waals surface area (Å²) in [5.74, 6) is 1.42. The molecule has 0 saturated carbocycles. The maximum absolute atomic E-state index is 12.4. The topological polar surface area (TPSA) is 69.2 Å². The number of methoxy groups -OCH3 is 1. The van der Waals surface area contributed by atoms with Crippen LogP contribution in [0.25, 0.3) is 0 Å². The fourth-order valence-electron chi connectivity index (χ4n) is 2.82. The largest absolute Gasteiger partial charge is 0.493 e. The van der Waals surface area contributed by atoms with Crippen molar-refractivity contribution in [1.82, 2.24) is 5.43 Å². The van der Waals surface area contributed by atoms with Crippen LogP contribution in [-0.2, 0) is 6.61 Å². The number of nitrogens with zero attached hydrogens (tertiary/aromatic N) is 1. The summed E-state index contributed by atoms with van der Waals surface area (Å²) in [4.78, 5) is 12.4. The van der Waals surface area contributed by atoms with Crippen LogP contribution in [0, 0.1) is 0 Å². The van der Waals surface area contributed by atoms with E-state index in [1.165, 1.54) is 7.11 Å². The van der Waals surface area contributed by atoms with Crippen molar-refractivity contribution >= 4 is 35.3 Å². The predicted octanol–water partition coefficient (Wildman–Crippen LogP) is 6.13. The molecular formula is C25H24Cl2N2O4. The maximum atomic E-state index is 12.4. The molecule has 0 radical (unpaired) electrons. The first kappa shape index (κ1) is 24.4. The van der Waals surface area contributed by atoms with E-state index in [2.05, 4.69) is 10.5 Å². The van der Waals surface area contributed by atoms with Gasteiger partial charge in [0, 0.05) is 21.2 Å². The van der Waals surface area contributed by atoms with Gasteiger partial charge in [0.15, 0.2) is 11.5 Å². The van der Waals surface area contributed by atoms with E-state index in [-0.39, 0.29) is 5.91 Å². The zero-order chi connectivity index (χ0) is 23.6. The van der Waals surface area contributed by atoms with Gasteiger partial charge in [-0.3, -0.25) is 4.79 Å². The number of halogens is 2. The summed E-state index contributed by atoms with van der Waals surface area (Å²) >= 11 is 12.1. The Balaban J connectivity index is 1.54. The van der Waals surface area contributed by atoms with Crippen LogP contribution in [0.1, 0.15) is 34.8 Å². The number of carbonyl (C=O) groups is 1. The first-order valence-electron chi connectivity index (χ1n) is 10.3. The fraction of sp³-hybridized carbons (Fsp3) is 0.200. The average molecular weight is 487 g/mol. The molecule has 0 aliphatic heterocycles. The molecule has 0 saturated heterocycles.